The lowest BCUT2D eigenvalue weighted by atomic mass is 10.1. The van der Waals surface area contributed by atoms with Gasteiger partial charge in [-0.1, -0.05) is 18.2 Å². The highest BCUT2D eigenvalue weighted by atomic mass is 15.3. The molecular formula is C16H24N4. The van der Waals surface area contributed by atoms with Gasteiger partial charge in [-0.3, -0.25) is 10.3 Å². The summed E-state index contributed by atoms with van der Waals surface area (Å²) in [6, 6.07) is 8.07. The number of hydrogen-bond donors (Lipinski definition) is 2. The molecule has 0 bridgehead atoms. The van der Waals surface area contributed by atoms with Gasteiger partial charge >= 0.3 is 0 Å². The summed E-state index contributed by atoms with van der Waals surface area (Å²) in [5.41, 5.74) is 7.64. The number of piperazine rings is 1. The van der Waals surface area contributed by atoms with Crippen LogP contribution in [0.3, 0.4) is 0 Å². The van der Waals surface area contributed by atoms with E-state index in [2.05, 4.69) is 15.9 Å². The van der Waals surface area contributed by atoms with Gasteiger partial charge in [0, 0.05) is 44.8 Å². The average molecular weight is 272 g/mol. The second kappa shape index (κ2) is 5.94. The third-order valence-electron chi connectivity index (χ3n) is 4.32. The molecule has 0 unspecified atom stereocenters. The molecule has 3 rings (SSSR count). The zero-order chi connectivity index (χ0) is 13.9. The topological polar surface area (TPSA) is 56.4 Å². The second-order valence-corrected chi connectivity index (χ2v) is 6.13. The van der Waals surface area contributed by atoms with E-state index in [1.807, 2.05) is 18.2 Å². The van der Waals surface area contributed by atoms with Crippen molar-refractivity contribution in [1.82, 2.24) is 9.80 Å². The van der Waals surface area contributed by atoms with Gasteiger partial charge in [0.05, 0.1) is 0 Å². The summed E-state index contributed by atoms with van der Waals surface area (Å²) in [5, 5.41) is 7.51. The molecule has 1 aromatic carbocycles. The van der Waals surface area contributed by atoms with Gasteiger partial charge in [-0.25, -0.2) is 0 Å². The maximum atomic E-state index is 7.51. The SMILES string of the molecule is N=C(N)c1cccc(CN2CCN(CC3CC3)CC2)c1. The first-order chi connectivity index (χ1) is 9.70. The summed E-state index contributed by atoms with van der Waals surface area (Å²) in [6.07, 6.45) is 2.89. The number of rotatable bonds is 5. The normalized spacial score (nSPS) is 21.0. The van der Waals surface area contributed by atoms with Gasteiger partial charge in [0.15, 0.2) is 0 Å². The molecule has 0 atom stereocenters. The summed E-state index contributed by atoms with van der Waals surface area (Å²) in [7, 11) is 0. The summed E-state index contributed by atoms with van der Waals surface area (Å²) in [6.45, 7) is 6.98. The summed E-state index contributed by atoms with van der Waals surface area (Å²) >= 11 is 0. The molecule has 3 N–H and O–H groups in total. The Hall–Kier alpha value is -1.39. The van der Waals surface area contributed by atoms with Crippen LogP contribution in [-0.4, -0.2) is 48.4 Å². The molecule has 108 valence electrons. The Morgan fingerprint density at radius 1 is 1.15 bits per heavy atom. The van der Waals surface area contributed by atoms with Crippen molar-refractivity contribution in [3.8, 4) is 0 Å². The summed E-state index contributed by atoms with van der Waals surface area (Å²) < 4.78 is 0. The fraction of sp³-hybridized carbons (Fsp3) is 0.562. The fourth-order valence-electron chi connectivity index (χ4n) is 2.89. The van der Waals surface area contributed by atoms with E-state index in [1.165, 1.54) is 38.0 Å². The number of nitrogens with one attached hydrogen (secondary N) is 1. The van der Waals surface area contributed by atoms with E-state index in [0.717, 1.165) is 31.1 Å². The quantitative estimate of drug-likeness (QED) is 0.631. The molecule has 20 heavy (non-hydrogen) atoms. The first-order valence-corrected chi connectivity index (χ1v) is 7.59. The smallest absolute Gasteiger partial charge is 0.122 e. The maximum absolute atomic E-state index is 7.51. The zero-order valence-corrected chi connectivity index (χ0v) is 12.0. The van der Waals surface area contributed by atoms with E-state index in [1.54, 1.807) is 0 Å². The van der Waals surface area contributed by atoms with Gasteiger partial charge in [0.25, 0.3) is 0 Å². The van der Waals surface area contributed by atoms with Crippen LogP contribution in [0.1, 0.15) is 24.0 Å². The molecule has 2 aliphatic rings. The van der Waals surface area contributed by atoms with Crippen LogP contribution in [0, 0.1) is 11.3 Å². The van der Waals surface area contributed by atoms with Crippen molar-refractivity contribution in [3.63, 3.8) is 0 Å². The Bertz CT molecular complexity index is 473. The van der Waals surface area contributed by atoms with Crippen molar-refractivity contribution >= 4 is 5.84 Å². The molecule has 0 radical (unpaired) electrons. The summed E-state index contributed by atoms with van der Waals surface area (Å²) in [5.74, 6) is 1.15. The number of hydrogen-bond acceptors (Lipinski definition) is 3. The van der Waals surface area contributed by atoms with Gasteiger partial charge in [0.1, 0.15) is 5.84 Å². The highest BCUT2D eigenvalue weighted by Gasteiger charge is 2.26. The minimum absolute atomic E-state index is 0.154. The average Bonchev–Trinajstić information content (AvgIpc) is 3.25. The van der Waals surface area contributed by atoms with Gasteiger partial charge in [-0.2, -0.15) is 0 Å². The van der Waals surface area contributed by atoms with E-state index in [-0.39, 0.29) is 5.84 Å². The van der Waals surface area contributed by atoms with Crippen LogP contribution >= 0.6 is 0 Å². The standard InChI is InChI=1S/C16H24N4/c17-16(18)15-3-1-2-14(10-15)12-20-8-6-19(7-9-20)11-13-4-5-13/h1-3,10,13H,4-9,11-12H2,(H3,17,18). The monoisotopic (exact) mass is 272 g/mol. The molecular weight excluding hydrogens is 248 g/mol. The molecule has 0 spiro atoms. The van der Waals surface area contributed by atoms with Crippen LogP contribution < -0.4 is 5.73 Å². The Morgan fingerprint density at radius 2 is 1.85 bits per heavy atom. The van der Waals surface area contributed by atoms with Crippen LogP contribution in [0.15, 0.2) is 24.3 Å². The molecule has 1 saturated carbocycles. The van der Waals surface area contributed by atoms with Crippen molar-refractivity contribution in [2.75, 3.05) is 32.7 Å². The van der Waals surface area contributed by atoms with Gasteiger partial charge in [-0.05, 0) is 30.4 Å². The van der Waals surface area contributed by atoms with E-state index < -0.39 is 0 Å². The molecule has 1 aromatic rings. The second-order valence-electron chi connectivity index (χ2n) is 6.13. The van der Waals surface area contributed by atoms with Crippen LogP contribution in [0.4, 0.5) is 0 Å². The fourth-order valence-corrected chi connectivity index (χ4v) is 2.89. The molecule has 0 amide bonds. The van der Waals surface area contributed by atoms with E-state index in [0.29, 0.717) is 0 Å². The van der Waals surface area contributed by atoms with Crippen LogP contribution in [0.2, 0.25) is 0 Å². The first-order valence-electron chi connectivity index (χ1n) is 7.59. The molecule has 1 aliphatic carbocycles. The maximum Gasteiger partial charge on any atom is 0.122 e. The molecule has 4 nitrogen and oxygen atoms in total. The minimum atomic E-state index is 0.154. The van der Waals surface area contributed by atoms with Crippen LogP contribution in [-0.2, 0) is 6.54 Å². The lowest BCUT2D eigenvalue weighted by Crippen LogP contribution is -2.46. The van der Waals surface area contributed by atoms with E-state index >= 15 is 0 Å². The van der Waals surface area contributed by atoms with Crippen molar-refractivity contribution in [2.45, 2.75) is 19.4 Å². The van der Waals surface area contributed by atoms with Crippen LogP contribution in [0.25, 0.3) is 0 Å². The first kappa shape index (κ1) is 13.6. The van der Waals surface area contributed by atoms with Gasteiger partial charge in [-0.15, -0.1) is 0 Å². The predicted octanol–water partition coefficient (Wildman–Crippen LogP) is 1.50. The molecule has 1 aliphatic heterocycles. The minimum Gasteiger partial charge on any atom is -0.384 e. The van der Waals surface area contributed by atoms with Crippen molar-refractivity contribution in [1.29, 1.82) is 5.41 Å². The Balaban J connectivity index is 1.51. The van der Waals surface area contributed by atoms with Crippen molar-refractivity contribution in [2.24, 2.45) is 11.7 Å². The highest BCUT2D eigenvalue weighted by molar-refractivity contribution is 5.95. The van der Waals surface area contributed by atoms with Gasteiger partial charge < -0.3 is 10.6 Å². The molecule has 2 fully saturated rings. The lowest BCUT2D eigenvalue weighted by molar-refractivity contribution is 0.123. The Kier molecular flexibility index (Phi) is 4.03. The third-order valence-corrected chi connectivity index (χ3v) is 4.32. The van der Waals surface area contributed by atoms with Crippen molar-refractivity contribution in [3.05, 3.63) is 35.4 Å². The Morgan fingerprint density at radius 3 is 2.50 bits per heavy atom. The number of nitrogens with two attached hydrogens (primary N) is 1. The summed E-state index contributed by atoms with van der Waals surface area (Å²) in [4.78, 5) is 5.11. The molecule has 4 heteroatoms. The lowest BCUT2D eigenvalue weighted by Gasteiger charge is -2.34. The number of benzene rings is 1. The molecule has 0 aromatic heterocycles. The molecule has 1 saturated heterocycles. The van der Waals surface area contributed by atoms with Crippen molar-refractivity contribution < 1.29 is 0 Å². The Labute approximate surface area is 121 Å². The largest absolute Gasteiger partial charge is 0.384 e. The number of nitrogens with zero attached hydrogens (tertiary/aromatic N) is 2. The zero-order valence-electron chi connectivity index (χ0n) is 12.0. The van der Waals surface area contributed by atoms with E-state index in [9.17, 15) is 0 Å². The third kappa shape index (κ3) is 3.58. The van der Waals surface area contributed by atoms with Gasteiger partial charge in [0.2, 0.25) is 0 Å². The number of amidine groups is 1. The van der Waals surface area contributed by atoms with Crippen LogP contribution in [0.5, 0.6) is 0 Å². The number of nitrogen functional groups attached to an aromatic ring is 1. The highest BCUT2D eigenvalue weighted by Crippen LogP contribution is 2.29. The predicted molar refractivity (Wildman–Crippen MR) is 81.9 cm³/mol. The molecule has 1 heterocycles. The van der Waals surface area contributed by atoms with E-state index in [4.69, 9.17) is 11.1 Å².